The van der Waals surface area contributed by atoms with Gasteiger partial charge in [0.1, 0.15) is 6.04 Å². The van der Waals surface area contributed by atoms with Crippen molar-refractivity contribution in [3.05, 3.63) is 29.3 Å². The normalized spacial score (nSPS) is 14.8. The van der Waals surface area contributed by atoms with E-state index < -0.39 is 23.9 Å². The van der Waals surface area contributed by atoms with Gasteiger partial charge in [-0.3, -0.25) is 14.4 Å². The molecule has 8 nitrogen and oxygen atoms in total. The molecule has 1 aromatic carbocycles. The second kappa shape index (κ2) is 7.58. The van der Waals surface area contributed by atoms with Crippen molar-refractivity contribution in [1.29, 1.82) is 0 Å². The zero-order valence-corrected chi connectivity index (χ0v) is 12.9. The van der Waals surface area contributed by atoms with Crippen LogP contribution in [0.3, 0.4) is 0 Å². The maximum Gasteiger partial charge on any atom is 0.326 e. The van der Waals surface area contributed by atoms with Crippen LogP contribution in [0.15, 0.2) is 18.2 Å². The number of carbonyl (C=O) groups is 4. The molecule has 24 heavy (non-hydrogen) atoms. The van der Waals surface area contributed by atoms with Gasteiger partial charge in [-0.15, -0.1) is 0 Å². The van der Waals surface area contributed by atoms with Gasteiger partial charge in [0.2, 0.25) is 5.91 Å². The summed E-state index contributed by atoms with van der Waals surface area (Å²) in [4.78, 5) is 45.4. The molecule has 1 atom stereocenters. The Kier molecular flexibility index (Phi) is 5.51. The van der Waals surface area contributed by atoms with Crippen LogP contribution in [0.2, 0.25) is 0 Å². The molecule has 1 unspecified atom stereocenters. The Labute approximate surface area is 137 Å². The summed E-state index contributed by atoms with van der Waals surface area (Å²) in [6, 6.07) is 3.45. The molecule has 1 aliphatic heterocycles. The van der Waals surface area contributed by atoms with E-state index in [1.807, 2.05) is 0 Å². The lowest BCUT2D eigenvalue weighted by atomic mass is 10.0. The van der Waals surface area contributed by atoms with Crippen molar-refractivity contribution in [2.24, 2.45) is 0 Å². The SMILES string of the molecule is O=C(O)CCC(NC(=O)c1ccc2c(c1)CCCC(=O)N2)C(=O)O. The van der Waals surface area contributed by atoms with E-state index in [2.05, 4.69) is 10.6 Å². The molecule has 0 fully saturated rings. The highest BCUT2D eigenvalue weighted by Gasteiger charge is 2.22. The fourth-order valence-corrected chi connectivity index (χ4v) is 2.48. The molecule has 1 heterocycles. The summed E-state index contributed by atoms with van der Waals surface area (Å²) in [5.74, 6) is -3.08. The highest BCUT2D eigenvalue weighted by molar-refractivity contribution is 5.98. The van der Waals surface area contributed by atoms with E-state index in [9.17, 15) is 19.2 Å². The lowest BCUT2D eigenvalue weighted by Gasteiger charge is -2.14. The lowest BCUT2D eigenvalue weighted by molar-refractivity contribution is -0.140. The third kappa shape index (κ3) is 4.55. The van der Waals surface area contributed by atoms with E-state index in [1.54, 1.807) is 12.1 Å². The minimum atomic E-state index is -1.29. The van der Waals surface area contributed by atoms with Gasteiger partial charge in [0.25, 0.3) is 5.91 Å². The molecule has 0 radical (unpaired) electrons. The zero-order chi connectivity index (χ0) is 17.7. The molecule has 0 saturated heterocycles. The van der Waals surface area contributed by atoms with E-state index >= 15 is 0 Å². The van der Waals surface area contributed by atoms with E-state index in [-0.39, 0.29) is 24.3 Å². The van der Waals surface area contributed by atoms with E-state index in [0.717, 1.165) is 5.56 Å². The monoisotopic (exact) mass is 334 g/mol. The second-order valence-corrected chi connectivity index (χ2v) is 5.57. The maximum absolute atomic E-state index is 12.2. The van der Waals surface area contributed by atoms with Crippen LogP contribution < -0.4 is 10.6 Å². The van der Waals surface area contributed by atoms with Gasteiger partial charge in [-0.25, -0.2) is 4.79 Å². The zero-order valence-electron chi connectivity index (χ0n) is 12.9. The average Bonchev–Trinajstić information content (AvgIpc) is 2.70. The third-order valence-corrected chi connectivity index (χ3v) is 3.74. The standard InChI is InChI=1S/C16H18N2O6/c19-13-3-1-2-9-8-10(4-5-11(9)17-13)15(22)18-12(16(23)24)6-7-14(20)21/h4-5,8,12H,1-3,6-7H2,(H,17,19)(H,18,22)(H,20,21)(H,23,24). The average molecular weight is 334 g/mol. The summed E-state index contributed by atoms with van der Waals surface area (Å²) in [6.07, 6.45) is 1.16. The Hall–Kier alpha value is -2.90. The number of amides is 2. The number of fused-ring (bicyclic) bond motifs is 1. The number of aryl methyl sites for hydroxylation is 1. The smallest absolute Gasteiger partial charge is 0.326 e. The number of anilines is 1. The topological polar surface area (TPSA) is 133 Å². The van der Waals surface area contributed by atoms with Crippen molar-refractivity contribution in [2.45, 2.75) is 38.1 Å². The summed E-state index contributed by atoms with van der Waals surface area (Å²) < 4.78 is 0. The predicted molar refractivity (Wildman–Crippen MR) is 83.8 cm³/mol. The fraction of sp³-hybridized carbons (Fsp3) is 0.375. The van der Waals surface area contributed by atoms with Crippen molar-refractivity contribution in [1.82, 2.24) is 5.32 Å². The molecule has 2 rings (SSSR count). The number of nitrogens with one attached hydrogen (secondary N) is 2. The van der Waals surface area contributed by atoms with E-state index in [4.69, 9.17) is 10.2 Å². The van der Waals surface area contributed by atoms with E-state index in [1.165, 1.54) is 6.07 Å². The summed E-state index contributed by atoms with van der Waals surface area (Å²) in [5.41, 5.74) is 1.73. The molecule has 1 aromatic rings. The first-order valence-electron chi connectivity index (χ1n) is 7.55. The molecular weight excluding hydrogens is 316 g/mol. The van der Waals surface area contributed by atoms with Crippen molar-refractivity contribution in [3.8, 4) is 0 Å². The molecule has 1 aliphatic rings. The Morgan fingerprint density at radius 1 is 1.21 bits per heavy atom. The van der Waals surface area contributed by atoms with Gasteiger partial charge >= 0.3 is 11.9 Å². The number of hydrogen-bond donors (Lipinski definition) is 4. The van der Waals surface area contributed by atoms with Crippen LogP contribution in [0.25, 0.3) is 0 Å². The van der Waals surface area contributed by atoms with Crippen LogP contribution in [0.5, 0.6) is 0 Å². The van der Waals surface area contributed by atoms with E-state index in [0.29, 0.717) is 24.9 Å². The number of carboxylic acid groups (broad SMARTS) is 2. The molecule has 0 aromatic heterocycles. The van der Waals surface area contributed by atoms with Gasteiger partial charge in [0, 0.05) is 24.1 Å². The van der Waals surface area contributed by atoms with Crippen LogP contribution in [0.1, 0.15) is 41.6 Å². The van der Waals surface area contributed by atoms with Crippen LogP contribution in [0.4, 0.5) is 5.69 Å². The Morgan fingerprint density at radius 3 is 2.62 bits per heavy atom. The number of benzene rings is 1. The third-order valence-electron chi connectivity index (χ3n) is 3.74. The first kappa shape index (κ1) is 17.5. The maximum atomic E-state index is 12.2. The predicted octanol–water partition coefficient (Wildman–Crippen LogP) is 1.01. The Morgan fingerprint density at radius 2 is 1.96 bits per heavy atom. The molecule has 0 aliphatic carbocycles. The molecule has 8 heteroatoms. The second-order valence-electron chi connectivity index (χ2n) is 5.57. The molecule has 0 bridgehead atoms. The minimum Gasteiger partial charge on any atom is -0.481 e. The molecule has 0 saturated carbocycles. The van der Waals surface area contributed by atoms with Gasteiger partial charge in [0.15, 0.2) is 0 Å². The van der Waals surface area contributed by atoms with Gasteiger partial charge in [-0.1, -0.05) is 0 Å². The molecule has 0 spiro atoms. The number of hydrogen-bond acceptors (Lipinski definition) is 4. The summed E-state index contributed by atoms with van der Waals surface area (Å²) in [7, 11) is 0. The van der Waals surface area contributed by atoms with Crippen LogP contribution in [-0.4, -0.2) is 40.0 Å². The first-order valence-corrected chi connectivity index (χ1v) is 7.55. The fourth-order valence-electron chi connectivity index (χ4n) is 2.48. The quantitative estimate of drug-likeness (QED) is 0.613. The summed E-state index contributed by atoms with van der Waals surface area (Å²) in [6.45, 7) is 0. The van der Waals surface area contributed by atoms with Gasteiger partial charge < -0.3 is 20.8 Å². The van der Waals surface area contributed by atoms with Crippen molar-refractivity contribution in [2.75, 3.05) is 5.32 Å². The Bertz CT molecular complexity index is 685. The van der Waals surface area contributed by atoms with Gasteiger partial charge in [-0.2, -0.15) is 0 Å². The highest BCUT2D eigenvalue weighted by Crippen LogP contribution is 2.23. The minimum absolute atomic E-state index is 0.0782. The van der Waals surface area contributed by atoms with Gasteiger partial charge in [0.05, 0.1) is 0 Å². The van der Waals surface area contributed by atoms with Gasteiger partial charge in [-0.05, 0) is 43.0 Å². The van der Waals surface area contributed by atoms with Crippen LogP contribution in [-0.2, 0) is 20.8 Å². The number of aliphatic carboxylic acids is 2. The largest absolute Gasteiger partial charge is 0.481 e. The number of carboxylic acids is 2. The van der Waals surface area contributed by atoms with Crippen LogP contribution >= 0.6 is 0 Å². The Balaban J connectivity index is 2.11. The van der Waals surface area contributed by atoms with Crippen molar-refractivity contribution >= 4 is 29.4 Å². The lowest BCUT2D eigenvalue weighted by Crippen LogP contribution is -2.41. The van der Waals surface area contributed by atoms with Crippen molar-refractivity contribution in [3.63, 3.8) is 0 Å². The number of carbonyl (C=O) groups excluding carboxylic acids is 2. The summed E-state index contributed by atoms with van der Waals surface area (Å²) in [5, 5.41) is 22.8. The molecule has 128 valence electrons. The van der Waals surface area contributed by atoms with Crippen LogP contribution in [0, 0.1) is 0 Å². The molecular formula is C16H18N2O6. The highest BCUT2D eigenvalue weighted by atomic mass is 16.4. The molecule has 2 amide bonds. The summed E-state index contributed by atoms with van der Waals surface area (Å²) >= 11 is 0. The molecule has 4 N–H and O–H groups in total. The number of rotatable bonds is 6. The van der Waals surface area contributed by atoms with Crippen molar-refractivity contribution < 1.29 is 29.4 Å². The first-order chi connectivity index (χ1) is 11.4.